The van der Waals surface area contributed by atoms with Gasteiger partial charge in [-0.1, -0.05) is 0 Å². The molecule has 0 aromatic heterocycles. The lowest BCUT2D eigenvalue weighted by atomic mass is 10.2. The Hall–Kier alpha value is -0.0631. The average molecular weight is 393 g/mol. The summed E-state index contributed by atoms with van der Waals surface area (Å²) in [4.78, 5) is 0. The molecule has 2 rings (SSSR count). The first-order chi connectivity index (χ1) is 12.7. The van der Waals surface area contributed by atoms with E-state index in [-0.39, 0.29) is 6.10 Å². The van der Waals surface area contributed by atoms with Crippen LogP contribution in [0, 0.1) is 0 Å². The zero-order valence-electron chi connectivity index (χ0n) is 16.6. The van der Waals surface area contributed by atoms with Crippen molar-refractivity contribution in [1.82, 2.24) is 0 Å². The summed E-state index contributed by atoms with van der Waals surface area (Å²) in [6, 6.07) is 0.778. The lowest BCUT2D eigenvalue weighted by molar-refractivity contribution is 0.0275. The van der Waals surface area contributed by atoms with Crippen LogP contribution >= 0.6 is 0 Å². The maximum Gasteiger partial charge on any atom is 0.501 e. The molecule has 2 fully saturated rings. The van der Waals surface area contributed by atoms with Crippen molar-refractivity contribution in [2.45, 2.75) is 64.4 Å². The highest BCUT2D eigenvalue weighted by Gasteiger charge is 2.41. The van der Waals surface area contributed by atoms with Crippen LogP contribution in [0.25, 0.3) is 0 Å². The SMILES string of the molecule is CCO[Si](CCCOCC1CO1)(OCC)OC(C)CCCOCC1CO1. The molecule has 26 heavy (non-hydrogen) atoms. The Morgan fingerprint density at radius 2 is 1.46 bits per heavy atom. The van der Waals surface area contributed by atoms with Crippen molar-refractivity contribution in [1.29, 1.82) is 0 Å². The van der Waals surface area contributed by atoms with E-state index in [4.69, 9.17) is 32.2 Å². The maximum atomic E-state index is 6.33. The standard InChI is InChI=1S/C18H36O7Si/c1-4-23-26(24-5-2,11-7-10-20-13-18-15-22-18)25-16(3)8-6-9-19-12-17-14-21-17/h16-18H,4-15H2,1-3H3. The fraction of sp³-hybridized carbons (Fsp3) is 1.00. The van der Waals surface area contributed by atoms with Gasteiger partial charge in [-0.15, -0.1) is 0 Å². The summed E-state index contributed by atoms with van der Waals surface area (Å²) in [6.07, 6.45) is 3.48. The molecule has 2 heterocycles. The predicted octanol–water partition coefficient (Wildman–Crippen LogP) is 2.40. The van der Waals surface area contributed by atoms with Crippen molar-refractivity contribution < 1.29 is 32.2 Å². The largest absolute Gasteiger partial charge is 0.501 e. The van der Waals surface area contributed by atoms with Gasteiger partial charge in [0.25, 0.3) is 0 Å². The molecule has 2 aliphatic heterocycles. The molecule has 0 aromatic carbocycles. The van der Waals surface area contributed by atoms with Crippen LogP contribution in [0.5, 0.6) is 0 Å². The molecular formula is C18H36O7Si. The lowest BCUT2D eigenvalue weighted by Gasteiger charge is -2.32. The minimum Gasteiger partial charge on any atom is -0.379 e. The Kier molecular flexibility index (Phi) is 10.6. The minimum absolute atomic E-state index is 0.0846. The first kappa shape index (κ1) is 22.2. The molecule has 0 aliphatic carbocycles. The van der Waals surface area contributed by atoms with E-state index >= 15 is 0 Å². The predicted molar refractivity (Wildman–Crippen MR) is 99.3 cm³/mol. The molecule has 0 aromatic rings. The molecule has 0 N–H and O–H groups in total. The van der Waals surface area contributed by atoms with E-state index < -0.39 is 8.80 Å². The Balaban J connectivity index is 1.65. The highest BCUT2D eigenvalue weighted by Crippen LogP contribution is 2.22. The van der Waals surface area contributed by atoms with Gasteiger partial charge < -0.3 is 32.2 Å². The van der Waals surface area contributed by atoms with Crippen molar-refractivity contribution in [2.24, 2.45) is 0 Å². The highest BCUT2D eigenvalue weighted by molar-refractivity contribution is 6.60. The number of epoxide rings is 2. The van der Waals surface area contributed by atoms with Gasteiger partial charge in [0.05, 0.1) is 26.4 Å². The molecule has 0 radical (unpaired) electrons. The third-order valence-corrected chi connectivity index (χ3v) is 7.38. The second-order valence-corrected chi connectivity index (χ2v) is 9.46. The van der Waals surface area contributed by atoms with Crippen LogP contribution in [-0.4, -0.2) is 80.0 Å². The van der Waals surface area contributed by atoms with Gasteiger partial charge in [0.1, 0.15) is 12.2 Å². The first-order valence-electron chi connectivity index (χ1n) is 10.0. The van der Waals surface area contributed by atoms with Crippen LogP contribution in [0.4, 0.5) is 0 Å². The topological polar surface area (TPSA) is 71.2 Å². The number of rotatable bonds is 18. The van der Waals surface area contributed by atoms with Gasteiger partial charge in [-0.3, -0.25) is 0 Å². The Morgan fingerprint density at radius 3 is 1.96 bits per heavy atom. The molecule has 3 unspecified atom stereocenters. The molecule has 2 saturated heterocycles. The molecule has 0 amide bonds. The van der Waals surface area contributed by atoms with Crippen LogP contribution in [0.15, 0.2) is 0 Å². The number of ether oxygens (including phenoxy) is 4. The van der Waals surface area contributed by atoms with Crippen LogP contribution < -0.4 is 0 Å². The quantitative estimate of drug-likeness (QED) is 0.201. The van der Waals surface area contributed by atoms with Crippen molar-refractivity contribution in [3.8, 4) is 0 Å². The third kappa shape index (κ3) is 9.75. The number of hydrogen-bond acceptors (Lipinski definition) is 7. The summed E-state index contributed by atoms with van der Waals surface area (Å²) < 4.78 is 39.9. The third-order valence-electron chi connectivity index (χ3n) is 4.19. The van der Waals surface area contributed by atoms with Crippen LogP contribution in [0.2, 0.25) is 6.04 Å². The molecule has 0 saturated carbocycles. The van der Waals surface area contributed by atoms with Crippen molar-refractivity contribution >= 4 is 8.80 Å². The van der Waals surface area contributed by atoms with E-state index in [9.17, 15) is 0 Å². The summed E-state index contributed by atoms with van der Waals surface area (Å²) in [7, 11) is -2.67. The monoisotopic (exact) mass is 392 g/mol. The summed E-state index contributed by atoms with van der Waals surface area (Å²) in [5.74, 6) is 0. The van der Waals surface area contributed by atoms with Gasteiger partial charge >= 0.3 is 8.80 Å². The lowest BCUT2D eigenvalue weighted by Crippen LogP contribution is -2.48. The van der Waals surface area contributed by atoms with Gasteiger partial charge in [-0.05, 0) is 40.0 Å². The van der Waals surface area contributed by atoms with Gasteiger partial charge in [0.15, 0.2) is 0 Å². The van der Waals surface area contributed by atoms with E-state index in [0.717, 1.165) is 45.1 Å². The second-order valence-electron chi connectivity index (χ2n) is 6.78. The molecule has 8 heteroatoms. The molecule has 154 valence electrons. The van der Waals surface area contributed by atoms with E-state index in [1.165, 1.54) is 0 Å². The van der Waals surface area contributed by atoms with Crippen molar-refractivity contribution in [3.05, 3.63) is 0 Å². The van der Waals surface area contributed by atoms with Crippen molar-refractivity contribution in [3.63, 3.8) is 0 Å². The number of hydrogen-bond donors (Lipinski definition) is 0. The zero-order valence-corrected chi connectivity index (χ0v) is 17.6. The Morgan fingerprint density at radius 1 is 0.923 bits per heavy atom. The van der Waals surface area contributed by atoms with Gasteiger partial charge in [-0.25, -0.2) is 0 Å². The Bertz CT molecular complexity index is 357. The smallest absolute Gasteiger partial charge is 0.379 e. The molecule has 3 atom stereocenters. The first-order valence-corrected chi connectivity index (χ1v) is 11.9. The molecule has 7 nitrogen and oxygen atoms in total. The van der Waals surface area contributed by atoms with E-state index in [1.54, 1.807) is 0 Å². The summed E-state index contributed by atoms with van der Waals surface area (Å²) in [5, 5.41) is 0. The maximum absolute atomic E-state index is 6.33. The summed E-state index contributed by atoms with van der Waals surface area (Å²) in [6.45, 7) is 11.7. The second kappa shape index (κ2) is 12.4. The molecule has 0 spiro atoms. The summed E-state index contributed by atoms with van der Waals surface area (Å²) in [5.41, 5.74) is 0. The average Bonchev–Trinajstić information content (AvgIpc) is 3.50. The van der Waals surface area contributed by atoms with Crippen LogP contribution in [-0.2, 0) is 32.2 Å². The van der Waals surface area contributed by atoms with Gasteiger partial charge in [-0.2, -0.15) is 0 Å². The fourth-order valence-electron chi connectivity index (χ4n) is 2.74. The minimum atomic E-state index is -2.67. The van der Waals surface area contributed by atoms with E-state index in [0.29, 0.717) is 45.2 Å². The molecule has 2 aliphatic rings. The summed E-state index contributed by atoms with van der Waals surface area (Å²) >= 11 is 0. The van der Waals surface area contributed by atoms with Gasteiger partial charge in [0, 0.05) is 38.6 Å². The van der Waals surface area contributed by atoms with Crippen LogP contribution in [0.3, 0.4) is 0 Å². The molecule has 0 bridgehead atoms. The van der Waals surface area contributed by atoms with Crippen molar-refractivity contribution in [2.75, 3.05) is 52.9 Å². The fourth-order valence-corrected chi connectivity index (χ4v) is 5.55. The Labute approximate surface area is 158 Å². The van der Waals surface area contributed by atoms with E-state index in [1.807, 2.05) is 13.8 Å². The normalized spacial score (nSPS) is 23.2. The van der Waals surface area contributed by atoms with Crippen LogP contribution in [0.1, 0.15) is 40.0 Å². The zero-order chi connectivity index (χ0) is 18.7. The highest BCUT2D eigenvalue weighted by atomic mass is 28.4. The molecular weight excluding hydrogens is 356 g/mol. The van der Waals surface area contributed by atoms with Gasteiger partial charge in [0.2, 0.25) is 0 Å². The van der Waals surface area contributed by atoms with E-state index in [2.05, 4.69) is 6.92 Å².